The number of hydrogen-bond donors (Lipinski definition) is 1. The Hall–Kier alpha value is -2.97. The molecule has 0 radical (unpaired) electrons. The summed E-state index contributed by atoms with van der Waals surface area (Å²) in [5.41, 5.74) is 2.13. The van der Waals surface area contributed by atoms with E-state index < -0.39 is 0 Å². The Kier molecular flexibility index (Phi) is 6.02. The number of carbonyl (C=O) groups excluding carboxylic acids is 1. The maximum atomic E-state index is 12.5. The van der Waals surface area contributed by atoms with Crippen LogP contribution >= 0.6 is 23.1 Å². The van der Waals surface area contributed by atoms with Crippen LogP contribution in [0.15, 0.2) is 77.4 Å². The van der Waals surface area contributed by atoms with E-state index in [4.69, 9.17) is 0 Å². The van der Waals surface area contributed by atoms with Gasteiger partial charge in [0.1, 0.15) is 5.82 Å². The highest BCUT2D eigenvalue weighted by molar-refractivity contribution is 8.00. The highest BCUT2D eigenvalue weighted by Gasteiger charge is 2.21. The zero-order valence-corrected chi connectivity index (χ0v) is 17.4. The fraction of sp³-hybridized carbons (Fsp3) is 0.143. The molecule has 6 nitrogen and oxygen atoms in total. The van der Waals surface area contributed by atoms with Gasteiger partial charge in [-0.2, -0.15) is 0 Å². The van der Waals surface area contributed by atoms with Crippen molar-refractivity contribution in [3.63, 3.8) is 0 Å². The van der Waals surface area contributed by atoms with E-state index in [0.717, 1.165) is 17.1 Å². The van der Waals surface area contributed by atoms with Crippen LogP contribution in [0.1, 0.15) is 18.3 Å². The SMILES string of the molecule is CC(Sc1nnc(Cc2ccccc2)n1-c1ccccc1)C(=O)Nc1nccs1. The summed E-state index contributed by atoms with van der Waals surface area (Å²) >= 11 is 2.78. The van der Waals surface area contributed by atoms with Gasteiger partial charge in [0.05, 0.1) is 5.25 Å². The quantitative estimate of drug-likeness (QED) is 0.447. The number of rotatable bonds is 7. The molecule has 1 amide bonds. The maximum Gasteiger partial charge on any atom is 0.239 e. The van der Waals surface area contributed by atoms with E-state index in [-0.39, 0.29) is 11.2 Å². The Balaban J connectivity index is 1.60. The van der Waals surface area contributed by atoms with Crippen LogP contribution in [0, 0.1) is 0 Å². The Bertz CT molecular complexity index is 1070. The monoisotopic (exact) mass is 421 g/mol. The number of carbonyl (C=O) groups is 1. The lowest BCUT2D eigenvalue weighted by Crippen LogP contribution is -2.22. The molecule has 0 spiro atoms. The summed E-state index contributed by atoms with van der Waals surface area (Å²) in [5, 5.41) is 14.4. The smallest absolute Gasteiger partial charge is 0.239 e. The van der Waals surface area contributed by atoms with E-state index in [2.05, 4.69) is 32.6 Å². The molecule has 2 heterocycles. The van der Waals surface area contributed by atoms with Gasteiger partial charge in [-0.1, -0.05) is 60.3 Å². The largest absolute Gasteiger partial charge is 0.301 e. The summed E-state index contributed by atoms with van der Waals surface area (Å²) in [6, 6.07) is 20.1. The van der Waals surface area contributed by atoms with Crippen molar-refractivity contribution in [3.05, 3.63) is 83.6 Å². The average Bonchev–Trinajstić information content (AvgIpc) is 3.39. The number of amides is 1. The van der Waals surface area contributed by atoms with Crippen molar-refractivity contribution in [1.82, 2.24) is 19.7 Å². The molecule has 2 aromatic carbocycles. The second-order valence-corrected chi connectivity index (χ2v) is 8.52. The molecule has 0 aliphatic rings. The van der Waals surface area contributed by atoms with Crippen molar-refractivity contribution in [2.75, 3.05) is 5.32 Å². The molecule has 0 bridgehead atoms. The number of thioether (sulfide) groups is 1. The van der Waals surface area contributed by atoms with Crippen LogP contribution in [0.25, 0.3) is 5.69 Å². The number of thiazole rings is 1. The van der Waals surface area contributed by atoms with Gasteiger partial charge in [-0.15, -0.1) is 21.5 Å². The molecule has 8 heteroatoms. The molecule has 0 fully saturated rings. The first-order valence-electron chi connectivity index (χ1n) is 9.11. The fourth-order valence-corrected chi connectivity index (χ4v) is 4.23. The zero-order chi connectivity index (χ0) is 20.1. The van der Waals surface area contributed by atoms with Crippen LogP contribution < -0.4 is 5.32 Å². The van der Waals surface area contributed by atoms with Gasteiger partial charge in [0.15, 0.2) is 10.3 Å². The third-order valence-corrected chi connectivity index (χ3v) is 5.96. The minimum atomic E-state index is -0.352. The molecule has 4 aromatic rings. The van der Waals surface area contributed by atoms with E-state index >= 15 is 0 Å². The van der Waals surface area contributed by atoms with Crippen LogP contribution in [0.5, 0.6) is 0 Å². The van der Waals surface area contributed by atoms with Crippen LogP contribution in [0.2, 0.25) is 0 Å². The van der Waals surface area contributed by atoms with Gasteiger partial charge in [-0.3, -0.25) is 9.36 Å². The summed E-state index contributed by atoms with van der Waals surface area (Å²) in [5.74, 6) is 0.717. The van der Waals surface area contributed by atoms with Crippen molar-refractivity contribution < 1.29 is 4.79 Å². The van der Waals surface area contributed by atoms with Crippen LogP contribution in [-0.2, 0) is 11.2 Å². The molecule has 1 unspecified atom stereocenters. The number of hydrogen-bond acceptors (Lipinski definition) is 6. The number of para-hydroxylation sites is 1. The molecule has 4 rings (SSSR count). The average molecular weight is 422 g/mol. The second kappa shape index (κ2) is 9.02. The molecule has 0 aliphatic heterocycles. The molecule has 2 aromatic heterocycles. The molecular formula is C21H19N5OS2. The topological polar surface area (TPSA) is 72.7 Å². The van der Waals surface area contributed by atoms with E-state index in [1.54, 1.807) is 6.20 Å². The van der Waals surface area contributed by atoms with Gasteiger partial charge in [0, 0.05) is 23.7 Å². The predicted molar refractivity (Wildman–Crippen MR) is 117 cm³/mol. The van der Waals surface area contributed by atoms with Crippen molar-refractivity contribution >= 4 is 34.1 Å². The van der Waals surface area contributed by atoms with E-state index in [1.165, 1.54) is 23.1 Å². The zero-order valence-electron chi connectivity index (χ0n) is 15.7. The summed E-state index contributed by atoms with van der Waals surface area (Å²) in [7, 11) is 0. The normalized spacial score (nSPS) is 11.9. The van der Waals surface area contributed by atoms with Crippen molar-refractivity contribution in [2.45, 2.75) is 23.8 Å². The first-order valence-corrected chi connectivity index (χ1v) is 10.9. The van der Waals surface area contributed by atoms with Gasteiger partial charge in [0.2, 0.25) is 5.91 Å². The number of nitrogens with one attached hydrogen (secondary N) is 1. The van der Waals surface area contributed by atoms with Crippen LogP contribution in [0.4, 0.5) is 5.13 Å². The molecule has 29 heavy (non-hydrogen) atoms. The highest BCUT2D eigenvalue weighted by atomic mass is 32.2. The second-order valence-electron chi connectivity index (χ2n) is 6.32. The van der Waals surface area contributed by atoms with E-state index in [0.29, 0.717) is 16.7 Å². The minimum absolute atomic E-state index is 0.114. The van der Waals surface area contributed by atoms with Gasteiger partial charge in [0.25, 0.3) is 0 Å². The van der Waals surface area contributed by atoms with Gasteiger partial charge in [-0.25, -0.2) is 4.98 Å². The lowest BCUT2D eigenvalue weighted by Gasteiger charge is -2.13. The molecule has 0 aliphatic carbocycles. The van der Waals surface area contributed by atoms with Crippen molar-refractivity contribution in [2.24, 2.45) is 0 Å². The summed E-state index contributed by atoms with van der Waals surface area (Å²) < 4.78 is 2.02. The van der Waals surface area contributed by atoms with Crippen molar-refractivity contribution in [3.8, 4) is 5.69 Å². The first-order chi connectivity index (χ1) is 14.2. The van der Waals surface area contributed by atoms with E-state index in [1.807, 2.05) is 65.4 Å². The molecule has 0 saturated heterocycles. The molecular weight excluding hydrogens is 402 g/mol. The Morgan fingerprint density at radius 1 is 1.10 bits per heavy atom. The Morgan fingerprint density at radius 2 is 1.83 bits per heavy atom. The highest BCUT2D eigenvalue weighted by Crippen LogP contribution is 2.27. The predicted octanol–water partition coefficient (Wildman–Crippen LogP) is 4.43. The maximum absolute atomic E-state index is 12.5. The standard InChI is InChI=1S/C21H19N5OS2/c1-15(19(27)23-20-22-12-13-28-20)29-21-25-24-18(14-16-8-4-2-5-9-16)26(21)17-10-6-3-7-11-17/h2-13,15H,14H2,1H3,(H,22,23,27). The summed E-state index contributed by atoms with van der Waals surface area (Å²) in [6.45, 7) is 1.86. The summed E-state index contributed by atoms with van der Waals surface area (Å²) in [6.07, 6.45) is 2.32. The van der Waals surface area contributed by atoms with Gasteiger partial charge < -0.3 is 5.32 Å². The molecule has 1 atom stereocenters. The Morgan fingerprint density at radius 3 is 2.52 bits per heavy atom. The number of anilines is 1. The third kappa shape index (κ3) is 4.72. The van der Waals surface area contributed by atoms with E-state index in [9.17, 15) is 4.79 Å². The minimum Gasteiger partial charge on any atom is -0.301 e. The van der Waals surface area contributed by atoms with Crippen LogP contribution in [0.3, 0.4) is 0 Å². The number of nitrogens with zero attached hydrogens (tertiary/aromatic N) is 4. The molecule has 1 N–H and O–H groups in total. The van der Waals surface area contributed by atoms with Crippen molar-refractivity contribution in [1.29, 1.82) is 0 Å². The first kappa shape index (κ1) is 19.4. The summed E-state index contributed by atoms with van der Waals surface area (Å²) in [4.78, 5) is 16.6. The van der Waals surface area contributed by atoms with Gasteiger partial charge >= 0.3 is 0 Å². The number of benzene rings is 2. The Labute approximate surface area is 177 Å². The molecule has 146 valence electrons. The lowest BCUT2D eigenvalue weighted by molar-refractivity contribution is -0.115. The number of aromatic nitrogens is 4. The third-order valence-electron chi connectivity index (χ3n) is 4.23. The van der Waals surface area contributed by atoms with Gasteiger partial charge in [-0.05, 0) is 24.6 Å². The molecule has 0 saturated carbocycles. The lowest BCUT2D eigenvalue weighted by atomic mass is 10.1. The van der Waals surface area contributed by atoms with Crippen LogP contribution in [-0.4, -0.2) is 30.9 Å². The fourth-order valence-electron chi connectivity index (χ4n) is 2.81.